The molecule has 2 heteroatoms. The minimum atomic E-state index is -0.0191. The summed E-state index contributed by atoms with van der Waals surface area (Å²) in [6.45, 7) is 2.21. The van der Waals surface area contributed by atoms with Crippen LogP contribution in [-0.2, 0) is 9.53 Å². The van der Waals surface area contributed by atoms with Crippen molar-refractivity contribution in [1.29, 1.82) is 0 Å². The number of unbranched alkanes of at least 4 members (excludes halogenated alkanes) is 1. The fourth-order valence-electron chi connectivity index (χ4n) is 2.89. The van der Waals surface area contributed by atoms with Gasteiger partial charge in [-0.15, -0.1) is 0 Å². The van der Waals surface area contributed by atoms with E-state index >= 15 is 0 Å². The predicted octanol–water partition coefficient (Wildman–Crippen LogP) is 3.05. The number of cyclic esters (lactones) is 1. The largest absolute Gasteiger partial charge is 0.447 e. The van der Waals surface area contributed by atoms with Crippen molar-refractivity contribution in [2.45, 2.75) is 64.4 Å². The smallest absolute Gasteiger partial charge is 0.348 e. The van der Waals surface area contributed by atoms with Crippen LogP contribution in [0.2, 0.25) is 0 Å². The Labute approximate surface area is 86.0 Å². The lowest BCUT2D eigenvalue weighted by molar-refractivity contribution is -0.117. The molecule has 80 valence electrons. The van der Waals surface area contributed by atoms with E-state index < -0.39 is 0 Å². The fourth-order valence-corrected chi connectivity index (χ4v) is 2.89. The summed E-state index contributed by atoms with van der Waals surface area (Å²) < 4.78 is 5.12. The number of hydrogen-bond acceptors (Lipinski definition) is 2. The van der Waals surface area contributed by atoms with Crippen LogP contribution in [0.1, 0.15) is 58.3 Å². The van der Waals surface area contributed by atoms with Gasteiger partial charge in [0, 0.05) is 5.41 Å². The van der Waals surface area contributed by atoms with E-state index in [2.05, 4.69) is 6.92 Å². The Balaban J connectivity index is 1.99. The second kappa shape index (κ2) is 3.92. The first-order chi connectivity index (χ1) is 6.78. The maximum Gasteiger partial charge on any atom is 0.348 e. The molecule has 2 rings (SSSR count). The van der Waals surface area contributed by atoms with Crippen molar-refractivity contribution in [2.24, 2.45) is 5.41 Å². The highest BCUT2D eigenvalue weighted by molar-refractivity contribution is 5.88. The van der Waals surface area contributed by atoms with Crippen LogP contribution in [0.25, 0.3) is 0 Å². The van der Waals surface area contributed by atoms with Crippen molar-refractivity contribution in [2.75, 3.05) is 0 Å². The summed E-state index contributed by atoms with van der Waals surface area (Å²) in [5, 5.41) is 0. The molecule has 1 atom stereocenters. The summed E-state index contributed by atoms with van der Waals surface area (Å²) in [6.07, 6.45) is 9.99. The molecule has 1 saturated carbocycles. The molecule has 1 saturated heterocycles. The van der Waals surface area contributed by atoms with Gasteiger partial charge in [0.05, 0.1) is 0 Å². The summed E-state index contributed by atoms with van der Waals surface area (Å²) in [5.41, 5.74) is 0.241. The number of rotatable bonds is 4. The molecule has 14 heavy (non-hydrogen) atoms. The van der Waals surface area contributed by atoms with Crippen LogP contribution in [-0.4, -0.2) is 12.1 Å². The minimum Gasteiger partial charge on any atom is -0.447 e. The molecule has 0 aromatic carbocycles. The Morgan fingerprint density at radius 1 is 1.36 bits per heavy atom. The van der Waals surface area contributed by atoms with Crippen LogP contribution in [0.15, 0.2) is 0 Å². The number of carbonyl (C=O) groups excluding carboxylic acids is 1. The maximum atomic E-state index is 11.1. The molecule has 1 unspecified atom stereocenters. The molecule has 2 nitrogen and oxygen atoms in total. The summed E-state index contributed by atoms with van der Waals surface area (Å²) in [6, 6.07) is 0. The fraction of sp³-hybridized carbons (Fsp3) is 0.917. The number of carbonyl (C=O) groups is 1. The van der Waals surface area contributed by atoms with Crippen LogP contribution < -0.4 is 0 Å². The Hall–Kier alpha value is -0.530. The summed E-state index contributed by atoms with van der Waals surface area (Å²) in [4.78, 5) is 11.1. The van der Waals surface area contributed by atoms with Crippen molar-refractivity contribution in [3.8, 4) is 0 Å². The molecule has 0 radical (unpaired) electrons. The van der Waals surface area contributed by atoms with Crippen LogP contribution in [0.3, 0.4) is 0 Å². The Kier molecular flexibility index (Phi) is 2.80. The van der Waals surface area contributed by atoms with Gasteiger partial charge in [-0.1, -0.05) is 39.0 Å². The molecule has 0 spiro atoms. The van der Waals surface area contributed by atoms with Crippen molar-refractivity contribution in [1.82, 2.24) is 0 Å². The van der Waals surface area contributed by atoms with Crippen LogP contribution in [0.5, 0.6) is 0 Å². The van der Waals surface area contributed by atoms with Crippen LogP contribution in [0, 0.1) is 5.41 Å². The molecule has 2 fully saturated rings. The third-order valence-electron chi connectivity index (χ3n) is 3.82. The van der Waals surface area contributed by atoms with E-state index in [0.717, 1.165) is 0 Å². The first kappa shape index (κ1) is 10.0. The van der Waals surface area contributed by atoms with Gasteiger partial charge in [0.15, 0.2) is 0 Å². The van der Waals surface area contributed by atoms with Gasteiger partial charge in [-0.3, -0.25) is 0 Å². The quantitative estimate of drug-likeness (QED) is 0.647. The van der Waals surface area contributed by atoms with E-state index in [-0.39, 0.29) is 17.5 Å². The SMILES string of the molecule is CCCCC1(C2OC2=O)CCCCC1. The lowest BCUT2D eigenvalue weighted by Crippen LogP contribution is -2.30. The van der Waals surface area contributed by atoms with E-state index in [4.69, 9.17) is 4.74 Å². The average molecular weight is 196 g/mol. The molecular weight excluding hydrogens is 176 g/mol. The molecule has 1 aliphatic heterocycles. The van der Waals surface area contributed by atoms with E-state index in [1.165, 1.54) is 51.4 Å². The van der Waals surface area contributed by atoms with E-state index in [9.17, 15) is 4.79 Å². The summed E-state index contributed by atoms with van der Waals surface area (Å²) in [5.74, 6) is 0.0583. The normalized spacial score (nSPS) is 29.8. The zero-order chi connectivity index (χ0) is 10.0. The molecule has 0 N–H and O–H groups in total. The molecule has 0 aromatic heterocycles. The topological polar surface area (TPSA) is 29.6 Å². The van der Waals surface area contributed by atoms with Gasteiger partial charge in [0.2, 0.25) is 6.10 Å². The Morgan fingerprint density at radius 2 is 2.00 bits per heavy atom. The summed E-state index contributed by atoms with van der Waals surface area (Å²) in [7, 11) is 0. The van der Waals surface area contributed by atoms with Gasteiger partial charge in [-0.2, -0.15) is 0 Å². The second-order valence-corrected chi connectivity index (χ2v) is 4.84. The first-order valence-corrected chi connectivity index (χ1v) is 5.99. The first-order valence-electron chi connectivity index (χ1n) is 5.99. The highest BCUT2D eigenvalue weighted by Crippen LogP contribution is 2.49. The lowest BCUT2D eigenvalue weighted by Gasteiger charge is -2.34. The van der Waals surface area contributed by atoms with Gasteiger partial charge in [0.1, 0.15) is 0 Å². The van der Waals surface area contributed by atoms with Gasteiger partial charge in [-0.05, 0) is 19.3 Å². The number of epoxide rings is 1. The van der Waals surface area contributed by atoms with Gasteiger partial charge in [0.25, 0.3) is 0 Å². The third kappa shape index (κ3) is 1.79. The van der Waals surface area contributed by atoms with Gasteiger partial charge >= 0.3 is 5.97 Å². The zero-order valence-corrected chi connectivity index (χ0v) is 9.05. The van der Waals surface area contributed by atoms with Crippen LogP contribution in [0.4, 0.5) is 0 Å². The monoisotopic (exact) mass is 196 g/mol. The average Bonchev–Trinajstić information content (AvgIpc) is 2.95. The maximum absolute atomic E-state index is 11.1. The molecule has 0 aromatic rings. The van der Waals surface area contributed by atoms with Crippen molar-refractivity contribution < 1.29 is 9.53 Å². The van der Waals surface area contributed by atoms with E-state index in [0.29, 0.717) is 0 Å². The van der Waals surface area contributed by atoms with E-state index in [1.54, 1.807) is 0 Å². The Bertz CT molecular complexity index is 216. The van der Waals surface area contributed by atoms with Crippen LogP contribution >= 0.6 is 0 Å². The molecule has 2 aliphatic rings. The highest BCUT2D eigenvalue weighted by atomic mass is 16.6. The van der Waals surface area contributed by atoms with Crippen molar-refractivity contribution >= 4 is 5.97 Å². The minimum absolute atomic E-state index is 0.0191. The molecule has 0 amide bonds. The molecule has 1 heterocycles. The van der Waals surface area contributed by atoms with Crippen molar-refractivity contribution in [3.63, 3.8) is 0 Å². The number of hydrogen-bond donors (Lipinski definition) is 0. The van der Waals surface area contributed by atoms with Gasteiger partial charge < -0.3 is 4.74 Å². The summed E-state index contributed by atoms with van der Waals surface area (Å²) >= 11 is 0. The predicted molar refractivity (Wildman–Crippen MR) is 54.9 cm³/mol. The van der Waals surface area contributed by atoms with Gasteiger partial charge in [-0.25, -0.2) is 4.79 Å². The molecule has 1 aliphatic carbocycles. The Morgan fingerprint density at radius 3 is 2.50 bits per heavy atom. The standard InChI is InChI=1S/C12H20O2/c1-2-3-7-12(10-11(13)14-10)8-5-4-6-9-12/h10H,2-9H2,1H3. The number of ether oxygens (including phenoxy) is 1. The lowest BCUT2D eigenvalue weighted by atomic mass is 9.69. The highest BCUT2D eigenvalue weighted by Gasteiger charge is 2.55. The molecule has 0 bridgehead atoms. The van der Waals surface area contributed by atoms with E-state index in [1.807, 2.05) is 0 Å². The zero-order valence-electron chi connectivity index (χ0n) is 9.05. The molecular formula is C12H20O2. The van der Waals surface area contributed by atoms with Crippen molar-refractivity contribution in [3.05, 3.63) is 0 Å². The second-order valence-electron chi connectivity index (χ2n) is 4.84. The third-order valence-corrected chi connectivity index (χ3v) is 3.82.